The van der Waals surface area contributed by atoms with Gasteiger partial charge in [0, 0.05) is 12.5 Å². The Labute approximate surface area is 119 Å². The Morgan fingerprint density at radius 2 is 2.15 bits per heavy atom. The molecule has 1 N–H and O–H groups in total. The first-order valence-corrected chi connectivity index (χ1v) is 6.76. The predicted octanol–water partition coefficient (Wildman–Crippen LogP) is 3.20. The Morgan fingerprint density at radius 3 is 2.80 bits per heavy atom. The molecule has 2 aromatic rings. The van der Waals surface area contributed by atoms with Crippen molar-refractivity contribution in [2.24, 2.45) is 0 Å². The molecule has 0 aliphatic carbocycles. The maximum Gasteiger partial charge on any atom is 0.338 e. The molecule has 0 aliphatic rings. The predicted molar refractivity (Wildman–Crippen MR) is 74.1 cm³/mol. The molecule has 4 nitrogen and oxygen atoms in total. The highest BCUT2D eigenvalue weighted by atomic mass is 32.1. The molecule has 1 aromatic heterocycles. The van der Waals surface area contributed by atoms with Crippen molar-refractivity contribution in [3.05, 3.63) is 52.0 Å². The van der Waals surface area contributed by atoms with E-state index in [2.05, 4.69) is 5.32 Å². The molecule has 2 rings (SSSR count). The van der Waals surface area contributed by atoms with Crippen molar-refractivity contribution in [3.8, 4) is 0 Å². The highest BCUT2D eigenvalue weighted by Gasteiger charge is 2.12. The summed E-state index contributed by atoms with van der Waals surface area (Å²) in [5.41, 5.74) is 1.04. The molecule has 0 spiro atoms. The number of benzene rings is 1. The number of esters is 1. The number of amides is 1. The van der Waals surface area contributed by atoms with Gasteiger partial charge in [-0.15, -0.1) is 0 Å². The van der Waals surface area contributed by atoms with Gasteiger partial charge in [-0.2, -0.15) is 11.3 Å². The van der Waals surface area contributed by atoms with Gasteiger partial charge < -0.3 is 10.1 Å². The molecule has 0 aliphatic heterocycles. The van der Waals surface area contributed by atoms with E-state index in [0.29, 0.717) is 0 Å². The largest absolute Gasteiger partial charge is 0.457 e. The number of carbonyl (C=O) groups excluding carboxylic acids is 2. The third kappa shape index (κ3) is 3.64. The number of ether oxygens (including phenoxy) is 1. The van der Waals surface area contributed by atoms with Gasteiger partial charge in [0.25, 0.3) is 0 Å². The standard InChI is InChI=1S/C14H12FNO3S/c1-9(17)16-13-6-11(2-3-12(13)15)14(18)19-7-10-4-5-20-8-10/h2-6,8H,7H2,1H3,(H,16,17). The molecular weight excluding hydrogens is 281 g/mol. The van der Waals surface area contributed by atoms with Crippen molar-refractivity contribution in [1.29, 1.82) is 0 Å². The van der Waals surface area contributed by atoms with Crippen LogP contribution in [0.3, 0.4) is 0 Å². The van der Waals surface area contributed by atoms with Gasteiger partial charge in [-0.25, -0.2) is 9.18 Å². The molecule has 0 unspecified atom stereocenters. The number of hydrogen-bond acceptors (Lipinski definition) is 4. The highest BCUT2D eigenvalue weighted by molar-refractivity contribution is 7.07. The first-order chi connectivity index (χ1) is 9.56. The van der Waals surface area contributed by atoms with Gasteiger partial charge in [-0.05, 0) is 35.0 Å². The highest BCUT2D eigenvalue weighted by Crippen LogP contribution is 2.17. The van der Waals surface area contributed by atoms with Crippen molar-refractivity contribution in [3.63, 3.8) is 0 Å². The van der Waals surface area contributed by atoms with Gasteiger partial charge in [-0.1, -0.05) is 0 Å². The number of carbonyl (C=O) groups is 2. The lowest BCUT2D eigenvalue weighted by Crippen LogP contribution is -2.10. The number of nitrogens with one attached hydrogen (secondary N) is 1. The van der Waals surface area contributed by atoms with E-state index < -0.39 is 17.7 Å². The summed E-state index contributed by atoms with van der Waals surface area (Å²) in [6.45, 7) is 1.43. The Hall–Kier alpha value is -2.21. The smallest absolute Gasteiger partial charge is 0.338 e. The van der Waals surface area contributed by atoms with Crippen molar-refractivity contribution in [2.75, 3.05) is 5.32 Å². The number of thiophene rings is 1. The molecule has 0 saturated carbocycles. The van der Waals surface area contributed by atoms with Crippen LogP contribution in [-0.4, -0.2) is 11.9 Å². The second-order valence-corrected chi connectivity index (χ2v) is 4.86. The zero-order valence-corrected chi connectivity index (χ0v) is 11.5. The fourth-order valence-corrected chi connectivity index (χ4v) is 2.20. The molecule has 20 heavy (non-hydrogen) atoms. The number of halogens is 1. The first kappa shape index (κ1) is 14.2. The first-order valence-electron chi connectivity index (χ1n) is 5.81. The zero-order chi connectivity index (χ0) is 14.5. The monoisotopic (exact) mass is 293 g/mol. The van der Waals surface area contributed by atoms with Crippen LogP contribution in [0.25, 0.3) is 0 Å². The Morgan fingerprint density at radius 1 is 1.35 bits per heavy atom. The summed E-state index contributed by atoms with van der Waals surface area (Å²) in [4.78, 5) is 22.8. The van der Waals surface area contributed by atoms with Gasteiger partial charge in [0.15, 0.2) is 0 Å². The third-order valence-corrected chi connectivity index (χ3v) is 3.19. The molecule has 1 amide bonds. The lowest BCUT2D eigenvalue weighted by molar-refractivity contribution is -0.114. The van der Waals surface area contributed by atoms with E-state index in [4.69, 9.17) is 4.74 Å². The lowest BCUT2D eigenvalue weighted by atomic mass is 10.2. The third-order valence-electron chi connectivity index (χ3n) is 2.46. The van der Waals surface area contributed by atoms with E-state index in [-0.39, 0.29) is 17.9 Å². The van der Waals surface area contributed by atoms with Crippen molar-refractivity contribution < 1.29 is 18.7 Å². The van der Waals surface area contributed by atoms with Crippen molar-refractivity contribution in [2.45, 2.75) is 13.5 Å². The summed E-state index contributed by atoms with van der Waals surface area (Å²) in [6.07, 6.45) is 0. The second kappa shape index (κ2) is 6.29. The van der Waals surface area contributed by atoms with Crippen molar-refractivity contribution >= 4 is 28.9 Å². The normalized spacial score (nSPS) is 10.1. The fraction of sp³-hybridized carbons (Fsp3) is 0.143. The van der Waals surface area contributed by atoms with E-state index in [1.807, 2.05) is 16.8 Å². The number of anilines is 1. The molecule has 6 heteroatoms. The van der Waals surface area contributed by atoms with E-state index in [1.165, 1.54) is 30.4 Å². The summed E-state index contributed by atoms with van der Waals surface area (Å²) in [5, 5.41) is 6.08. The van der Waals surface area contributed by atoms with Crippen LogP contribution in [0.5, 0.6) is 0 Å². The quantitative estimate of drug-likeness (QED) is 0.881. The molecule has 104 valence electrons. The minimum Gasteiger partial charge on any atom is -0.457 e. The summed E-state index contributed by atoms with van der Waals surface area (Å²) in [5.74, 6) is -1.58. The van der Waals surface area contributed by atoms with Crippen LogP contribution in [0.4, 0.5) is 10.1 Å². The summed E-state index contributed by atoms with van der Waals surface area (Å²) < 4.78 is 18.5. The average molecular weight is 293 g/mol. The minimum atomic E-state index is -0.602. The van der Waals surface area contributed by atoms with Gasteiger partial charge in [0.2, 0.25) is 5.91 Å². The van der Waals surface area contributed by atoms with E-state index in [0.717, 1.165) is 11.6 Å². The molecule has 0 bridgehead atoms. The van der Waals surface area contributed by atoms with Crippen LogP contribution >= 0.6 is 11.3 Å². The van der Waals surface area contributed by atoms with Gasteiger partial charge in [-0.3, -0.25) is 4.79 Å². The fourth-order valence-electron chi connectivity index (χ4n) is 1.54. The molecule has 0 radical (unpaired) electrons. The van der Waals surface area contributed by atoms with Gasteiger partial charge >= 0.3 is 5.97 Å². The van der Waals surface area contributed by atoms with Crippen LogP contribution in [0.1, 0.15) is 22.8 Å². The topological polar surface area (TPSA) is 55.4 Å². The second-order valence-electron chi connectivity index (χ2n) is 4.08. The Kier molecular flexibility index (Phi) is 4.47. The Balaban J connectivity index is 2.07. The van der Waals surface area contributed by atoms with Crippen LogP contribution < -0.4 is 5.32 Å². The van der Waals surface area contributed by atoms with Crippen molar-refractivity contribution in [1.82, 2.24) is 0 Å². The number of hydrogen-bond donors (Lipinski definition) is 1. The summed E-state index contributed by atoms with van der Waals surface area (Å²) in [7, 11) is 0. The maximum absolute atomic E-state index is 13.4. The Bertz CT molecular complexity index is 625. The van der Waals surface area contributed by atoms with Crippen LogP contribution in [0.15, 0.2) is 35.0 Å². The van der Waals surface area contributed by atoms with Crippen LogP contribution in [0, 0.1) is 5.82 Å². The molecule has 1 aromatic carbocycles. The number of rotatable bonds is 4. The summed E-state index contributed by atoms with van der Waals surface area (Å²) >= 11 is 1.51. The molecule has 1 heterocycles. The average Bonchev–Trinajstić information content (AvgIpc) is 2.91. The molecule has 0 atom stereocenters. The lowest BCUT2D eigenvalue weighted by Gasteiger charge is -2.07. The maximum atomic E-state index is 13.4. The van der Waals surface area contributed by atoms with Crippen LogP contribution in [0.2, 0.25) is 0 Å². The van der Waals surface area contributed by atoms with E-state index >= 15 is 0 Å². The SMILES string of the molecule is CC(=O)Nc1cc(C(=O)OCc2ccsc2)ccc1F. The van der Waals surface area contributed by atoms with E-state index in [9.17, 15) is 14.0 Å². The molecular formula is C14H12FNO3S. The zero-order valence-electron chi connectivity index (χ0n) is 10.7. The van der Waals surface area contributed by atoms with Gasteiger partial charge in [0.1, 0.15) is 12.4 Å². The van der Waals surface area contributed by atoms with Gasteiger partial charge in [0.05, 0.1) is 11.3 Å². The summed E-state index contributed by atoms with van der Waals surface area (Å²) in [6, 6.07) is 5.54. The molecule has 0 fully saturated rings. The van der Waals surface area contributed by atoms with Crippen LogP contribution in [-0.2, 0) is 16.1 Å². The van der Waals surface area contributed by atoms with E-state index in [1.54, 1.807) is 0 Å². The minimum absolute atomic E-state index is 0.0394. The molecule has 0 saturated heterocycles.